The number of halogens is 3. The van der Waals surface area contributed by atoms with Crippen LogP contribution in [0.25, 0.3) is 10.9 Å². The molecule has 0 aliphatic carbocycles. The highest BCUT2D eigenvalue weighted by atomic mass is 32.1. The Morgan fingerprint density at radius 3 is 2.37 bits per heavy atom. The minimum Gasteiger partial charge on any atom is -0.506 e. The first-order valence-electron chi connectivity index (χ1n) is 8.90. The minimum atomic E-state index is -4.51. The Bertz CT molecular complexity index is 1200. The van der Waals surface area contributed by atoms with Crippen molar-refractivity contribution in [2.75, 3.05) is 11.4 Å². The van der Waals surface area contributed by atoms with E-state index in [9.17, 15) is 27.9 Å². The molecule has 0 spiro atoms. The Labute approximate surface area is 175 Å². The van der Waals surface area contributed by atoms with Crippen molar-refractivity contribution in [3.05, 3.63) is 69.5 Å². The number of carbonyl (C=O) groups excluding carboxylic acids is 1. The minimum absolute atomic E-state index is 0.0691. The second kappa shape index (κ2) is 7.91. The van der Waals surface area contributed by atoms with Gasteiger partial charge in [0.05, 0.1) is 11.1 Å². The molecule has 0 aliphatic rings. The second-order valence-electron chi connectivity index (χ2n) is 6.54. The largest absolute Gasteiger partial charge is 0.506 e. The summed E-state index contributed by atoms with van der Waals surface area (Å²) >= 11 is 4.97. The van der Waals surface area contributed by atoms with Crippen LogP contribution in [0.15, 0.2) is 47.3 Å². The van der Waals surface area contributed by atoms with E-state index in [0.29, 0.717) is 11.1 Å². The highest BCUT2D eigenvalue weighted by Gasteiger charge is 2.31. The summed E-state index contributed by atoms with van der Waals surface area (Å²) in [5.74, 6) is -1.34. The summed E-state index contributed by atoms with van der Waals surface area (Å²) < 4.78 is 39.7. The van der Waals surface area contributed by atoms with Crippen LogP contribution in [-0.4, -0.2) is 27.5 Å². The molecule has 0 unspecified atom stereocenters. The Morgan fingerprint density at radius 1 is 1.20 bits per heavy atom. The number of aromatic hydroxyl groups is 1. The zero-order valence-corrected chi connectivity index (χ0v) is 16.8. The van der Waals surface area contributed by atoms with Gasteiger partial charge in [-0.15, -0.1) is 0 Å². The molecule has 0 atom stereocenters. The van der Waals surface area contributed by atoms with Gasteiger partial charge >= 0.3 is 6.18 Å². The molecule has 3 aromatic rings. The Morgan fingerprint density at radius 2 is 1.83 bits per heavy atom. The summed E-state index contributed by atoms with van der Waals surface area (Å²) in [6.07, 6.45) is -4.51. The topological polar surface area (TPSA) is 62.5 Å². The Hall–Kier alpha value is -3.20. The lowest BCUT2D eigenvalue weighted by atomic mass is 10.0. The zero-order valence-electron chi connectivity index (χ0n) is 16.0. The summed E-state index contributed by atoms with van der Waals surface area (Å²) in [6.45, 7) is 1.68. The molecule has 0 fully saturated rings. The van der Waals surface area contributed by atoms with Crippen LogP contribution in [0.3, 0.4) is 0 Å². The fourth-order valence-electron chi connectivity index (χ4n) is 3.30. The molecule has 5 nitrogen and oxygen atoms in total. The van der Waals surface area contributed by atoms with Gasteiger partial charge in [0.2, 0.25) is 0 Å². The standard InChI is InChI=1S/C21H17F3N2O3S/c1-3-26(14-9-7-13(8-10-14)21(22,23)24)20(29)17-18(27)16-12(11-30)5-4-6-15(16)25(2)19(17)28/h4-11,27H,3H2,1-2H3. The zero-order chi connectivity index (χ0) is 22.2. The number of pyridine rings is 1. The number of carbonyl (C=O) groups is 1. The van der Waals surface area contributed by atoms with Gasteiger partial charge in [-0.05, 0) is 42.8 Å². The maximum absolute atomic E-state index is 13.2. The SMILES string of the molecule is CCN(C(=O)c1c(O)c2c(C=S)cccc2n(C)c1=O)c1ccc(C(F)(F)F)cc1. The molecule has 9 heteroatoms. The number of alkyl halides is 3. The van der Waals surface area contributed by atoms with Gasteiger partial charge in [-0.3, -0.25) is 9.59 Å². The van der Waals surface area contributed by atoms with Crippen LogP contribution in [0, 0.1) is 0 Å². The van der Waals surface area contributed by atoms with Crippen LogP contribution in [0.4, 0.5) is 18.9 Å². The van der Waals surface area contributed by atoms with Gasteiger partial charge in [-0.1, -0.05) is 24.4 Å². The van der Waals surface area contributed by atoms with Gasteiger partial charge in [0.15, 0.2) is 0 Å². The number of rotatable bonds is 4. The molecule has 3 rings (SSSR count). The number of amides is 1. The molecule has 30 heavy (non-hydrogen) atoms. The molecule has 0 aliphatic heterocycles. The number of aromatic nitrogens is 1. The summed E-state index contributed by atoms with van der Waals surface area (Å²) in [4.78, 5) is 27.2. The molecule has 0 bridgehead atoms. The molecule has 1 amide bonds. The maximum Gasteiger partial charge on any atom is 0.416 e. The van der Waals surface area contributed by atoms with Crippen molar-refractivity contribution in [3.63, 3.8) is 0 Å². The number of fused-ring (bicyclic) bond motifs is 1. The van der Waals surface area contributed by atoms with Crippen molar-refractivity contribution < 1.29 is 23.1 Å². The van der Waals surface area contributed by atoms with Gasteiger partial charge in [0, 0.05) is 30.0 Å². The maximum atomic E-state index is 13.2. The number of nitrogens with zero attached hydrogens (tertiary/aromatic N) is 2. The van der Waals surface area contributed by atoms with Crippen molar-refractivity contribution >= 4 is 40.1 Å². The highest BCUT2D eigenvalue weighted by molar-refractivity contribution is 7.79. The smallest absolute Gasteiger partial charge is 0.416 e. The number of anilines is 1. The molecule has 0 saturated heterocycles. The Balaban J connectivity index is 2.18. The Kier molecular flexibility index (Phi) is 5.67. The van der Waals surface area contributed by atoms with E-state index in [4.69, 9.17) is 12.2 Å². The monoisotopic (exact) mass is 434 g/mol. The highest BCUT2D eigenvalue weighted by Crippen LogP contribution is 2.32. The molecular weight excluding hydrogens is 417 g/mol. The lowest BCUT2D eigenvalue weighted by Crippen LogP contribution is -2.36. The number of aryl methyl sites for hydroxylation is 1. The molecule has 0 radical (unpaired) electrons. The molecule has 1 N–H and O–H groups in total. The number of hydrogen-bond donors (Lipinski definition) is 1. The first-order chi connectivity index (χ1) is 14.1. The third-order valence-corrected chi connectivity index (χ3v) is 5.09. The number of hydrogen-bond acceptors (Lipinski definition) is 4. The van der Waals surface area contributed by atoms with Gasteiger partial charge in [-0.25, -0.2) is 0 Å². The summed E-state index contributed by atoms with van der Waals surface area (Å²) in [7, 11) is 1.46. The quantitative estimate of drug-likeness (QED) is 0.623. The van der Waals surface area contributed by atoms with Crippen molar-refractivity contribution in [1.82, 2.24) is 4.57 Å². The molecule has 0 saturated carbocycles. The molecule has 2 aromatic carbocycles. The molecule has 1 aromatic heterocycles. The first kappa shape index (κ1) is 21.5. The van der Waals surface area contributed by atoms with Gasteiger partial charge < -0.3 is 14.6 Å². The fraction of sp³-hybridized carbons (Fsp3) is 0.190. The second-order valence-corrected chi connectivity index (χ2v) is 6.78. The normalized spacial score (nSPS) is 11.5. The van der Waals surface area contributed by atoms with Crippen LogP contribution >= 0.6 is 12.2 Å². The third kappa shape index (κ3) is 3.56. The molecular formula is C21H17F3N2O3S. The van der Waals surface area contributed by atoms with Crippen LogP contribution in [-0.2, 0) is 13.2 Å². The third-order valence-electron chi connectivity index (χ3n) is 4.84. The van der Waals surface area contributed by atoms with Crippen LogP contribution in [0.2, 0.25) is 0 Å². The van der Waals surface area contributed by atoms with E-state index < -0.39 is 34.5 Å². The first-order valence-corrected chi connectivity index (χ1v) is 9.37. The van der Waals surface area contributed by atoms with Crippen LogP contribution in [0.1, 0.15) is 28.4 Å². The predicted octanol–water partition coefficient (Wildman–Crippen LogP) is 4.28. The van der Waals surface area contributed by atoms with E-state index in [2.05, 4.69) is 0 Å². The van der Waals surface area contributed by atoms with E-state index >= 15 is 0 Å². The number of benzene rings is 2. The van der Waals surface area contributed by atoms with E-state index in [1.807, 2.05) is 0 Å². The van der Waals surface area contributed by atoms with Crippen molar-refractivity contribution in [2.45, 2.75) is 13.1 Å². The molecule has 156 valence electrons. The van der Waals surface area contributed by atoms with Crippen LogP contribution in [0.5, 0.6) is 5.75 Å². The van der Waals surface area contributed by atoms with Gasteiger partial charge in [0.25, 0.3) is 11.5 Å². The van der Waals surface area contributed by atoms with Crippen molar-refractivity contribution in [1.29, 1.82) is 0 Å². The summed E-state index contributed by atoms with van der Waals surface area (Å²) in [5.41, 5.74) is -1.04. The van der Waals surface area contributed by atoms with E-state index in [1.54, 1.807) is 25.1 Å². The number of thiocarbonyl (C=S) groups is 1. The summed E-state index contributed by atoms with van der Waals surface area (Å²) in [6, 6.07) is 8.93. The van der Waals surface area contributed by atoms with E-state index in [1.165, 1.54) is 17.0 Å². The lowest BCUT2D eigenvalue weighted by molar-refractivity contribution is -0.137. The fourth-order valence-corrected chi connectivity index (χ4v) is 3.49. The van der Waals surface area contributed by atoms with Crippen molar-refractivity contribution in [3.8, 4) is 5.75 Å². The van der Waals surface area contributed by atoms with Crippen LogP contribution < -0.4 is 10.5 Å². The van der Waals surface area contributed by atoms with Crippen molar-refractivity contribution in [2.24, 2.45) is 7.05 Å². The average molecular weight is 434 g/mol. The van der Waals surface area contributed by atoms with Gasteiger partial charge in [-0.2, -0.15) is 13.2 Å². The lowest BCUT2D eigenvalue weighted by Gasteiger charge is -2.23. The predicted molar refractivity (Wildman–Crippen MR) is 112 cm³/mol. The van der Waals surface area contributed by atoms with E-state index in [-0.39, 0.29) is 17.6 Å². The van der Waals surface area contributed by atoms with Gasteiger partial charge in [0.1, 0.15) is 11.3 Å². The molecule has 1 heterocycles. The summed E-state index contributed by atoms with van der Waals surface area (Å²) in [5, 5.41) is 12.4. The van der Waals surface area contributed by atoms with E-state index in [0.717, 1.165) is 29.2 Å². The average Bonchev–Trinajstić information content (AvgIpc) is 2.72.